The highest BCUT2D eigenvalue weighted by atomic mass is 16.5. The summed E-state index contributed by atoms with van der Waals surface area (Å²) in [6, 6.07) is 14.1. The van der Waals surface area contributed by atoms with Crippen LogP contribution >= 0.6 is 0 Å². The standard InChI is InChI=1S/C20H20O4/c1-13-5-9-16(10-6-13)20(19(22)23,15(3)18(21)24-4)17-11-7-14(2)8-12-17/h5-12H,3H2,1-2,4H3,(H,22,23). The van der Waals surface area contributed by atoms with E-state index in [4.69, 9.17) is 4.74 Å². The summed E-state index contributed by atoms with van der Waals surface area (Å²) in [5.74, 6) is -1.93. The molecule has 2 rings (SSSR count). The van der Waals surface area contributed by atoms with Crippen molar-refractivity contribution in [3.63, 3.8) is 0 Å². The highest BCUT2D eigenvalue weighted by Gasteiger charge is 2.48. The molecule has 0 aromatic heterocycles. The molecule has 0 amide bonds. The molecule has 24 heavy (non-hydrogen) atoms. The summed E-state index contributed by atoms with van der Waals surface area (Å²) in [6.45, 7) is 7.58. The number of benzene rings is 2. The number of ether oxygens (including phenoxy) is 1. The Hall–Kier alpha value is -2.88. The fourth-order valence-electron chi connectivity index (χ4n) is 2.77. The van der Waals surface area contributed by atoms with E-state index >= 15 is 0 Å². The van der Waals surface area contributed by atoms with Gasteiger partial charge in [-0.2, -0.15) is 0 Å². The number of hydrogen-bond acceptors (Lipinski definition) is 3. The lowest BCUT2D eigenvalue weighted by atomic mass is 9.69. The van der Waals surface area contributed by atoms with Gasteiger partial charge in [0, 0.05) is 0 Å². The number of esters is 1. The maximum absolute atomic E-state index is 12.4. The lowest BCUT2D eigenvalue weighted by Crippen LogP contribution is -2.41. The fraction of sp³-hybridized carbons (Fsp3) is 0.200. The molecule has 0 bridgehead atoms. The smallest absolute Gasteiger partial charge is 0.335 e. The molecule has 124 valence electrons. The summed E-state index contributed by atoms with van der Waals surface area (Å²) < 4.78 is 4.76. The SMILES string of the molecule is C=C(C(=O)OC)C(C(=O)O)(c1ccc(C)cc1)c1ccc(C)cc1. The number of carbonyl (C=O) groups is 2. The molecule has 4 nitrogen and oxygen atoms in total. The molecule has 0 aliphatic carbocycles. The summed E-state index contributed by atoms with van der Waals surface area (Å²) >= 11 is 0. The van der Waals surface area contributed by atoms with Crippen LogP contribution in [-0.2, 0) is 19.7 Å². The van der Waals surface area contributed by atoms with Gasteiger partial charge in [-0.3, -0.25) is 4.79 Å². The highest BCUT2D eigenvalue weighted by Crippen LogP contribution is 2.39. The minimum Gasteiger partial charge on any atom is -0.480 e. The lowest BCUT2D eigenvalue weighted by Gasteiger charge is -2.31. The number of aryl methyl sites for hydroxylation is 2. The zero-order valence-corrected chi connectivity index (χ0v) is 14.0. The molecule has 0 fully saturated rings. The van der Waals surface area contributed by atoms with E-state index in [2.05, 4.69) is 6.58 Å². The minimum absolute atomic E-state index is 0.134. The number of carboxylic acid groups (broad SMARTS) is 1. The predicted octanol–water partition coefficient (Wildman–Crippen LogP) is 3.40. The Labute approximate surface area is 141 Å². The Balaban J connectivity index is 2.81. The maximum Gasteiger partial charge on any atom is 0.335 e. The zero-order valence-electron chi connectivity index (χ0n) is 14.0. The van der Waals surface area contributed by atoms with Crippen LogP contribution in [0.5, 0.6) is 0 Å². The Bertz CT molecular complexity index is 725. The Kier molecular flexibility index (Phi) is 4.88. The van der Waals surface area contributed by atoms with Crippen molar-refractivity contribution in [1.29, 1.82) is 0 Å². The van der Waals surface area contributed by atoms with E-state index in [0.29, 0.717) is 11.1 Å². The normalized spacial score (nSPS) is 11.0. The molecule has 0 unspecified atom stereocenters. The Morgan fingerprint density at radius 1 is 0.917 bits per heavy atom. The fourth-order valence-corrected chi connectivity index (χ4v) is 2.77. The molecule has 4 heteroatoms. The molecule has 0 saturated carbocycles. The molecular formula is C20H20O4. The van der Waals surface area contributed by atoms with Gasteiger partial charge in [0.25, 0.3) is 0 Å². The van der Waals surface area contributed by atoms with Crippen molar-refractivity contribution >= 4 is 11.9 Å². The summed E-state index contributed by atoms with van der Waals surface area (Å²) in [6.07, 6.45) is 0. The van der Waals surface area contributed by atoms with Gasteiger partial charge in [-0.1, -0.05) is 66.2 Å². The van der Waals surface area contributed by atoms with Gasteiger partial charge in [-0.05, 0) is 25.0 Å². The van der Waals surface area contributed by atoms with Gasteiger partial charge in [0.15, 0.2) is 0 Å². The molecule has 0 atom stereocenters. The number of rotatable bonds is 5. The van der Waals surface area contributed by atoms with Crippen LogP contribution in [0.2, 0.25) is 0 Å². The van der Waals surface area contributed by atoms with Crippen LogP contribution in [0.25, 0.3) is 0 Å². The van der Waals surface area contributed by atoms with E-state index < -0.39 is 17.4 Å². The van der Waals surface area contributed by atoms with E-state index in [-0.39, 0.29) is 5.57 Å². The van der Waals surface area contributed by atoms with E-state index in [0.717, 1.165) is 11.1 Å². The van der Waals surface area contributed by atoms with E-state index in [1.165, 1.54) is 7.11 Å². The second-order valence-electron chi connectivity index (χ2n) is 5.76. The third-order valence-electron chi connectivity index (χ3n) is 4.17. The van der Waals surface area contributed by atoms with E-state index in [9.17, 15) is 14.7 Å². The average molecular weight is 324 g/mol. The quantitative estimate of drug-likeness (QED) is 0.676. The number of carboxylic acids is 1. The molecule has 0 spiro atoms. The van der Waals surface area contributed by atoms with Gasteiger partial charge in [-0.25, -0.2) is 4.79 Å². The van der Waals surface area contributed by atoms with Gasteiger partial charge in [0.2, 0.25) is 0 Å². The van der Waals surface area contributed by atoms with Gasteiger partial charge in [0.1, 0.15) is 5.41 Å². The molecule has 0 heterocycles. The van der Waals surface area contributed by atoms with Crippen molar-refractivity contribution in [1.82, 2.24) is 0 Å². The number of hydrogen-bond donors (Lipinski definition) is 1. The van der Waals surface area contributed by atoms with Crippen LogP contribution in [0.15, 0.2) is 60.7 Å². The van der Waals surface area contributed by atoms with Gasteiger partial charge in [0.05, 0.1) is 12.7 Å². The maximum atomic E-state index is 12.4. The summed E-state index contributed by atoms with van der Waals surface area (Å²) in [4.78, 5) is 24.5. The van der Waals surface area contributed by atoms with Crippen LogP contribution in [0.3, 0.4) is 0 Å². The first-order chi connectivity index (χ1) is 11.3. The number of methoxy groups -OCH3 is 1. The Morgan fingerprint density at radius 2 is 1.29 bits per heavy atom. The van der Waals surface area contributed by atoms with Crippen molar-refractivity contribution < 1.29 is 19.4 Å². The van der Waals surface area contributed by atoms with Crippen molar-refractivity contribution in [2.24, 2.45) is 0 Å². The van der Waals surface area contributed by atoms with Gasteiger partial charge < -0.3 is 9.84 Å². The molecule has 0 radical (unpaired) electrons. The van der Waals surface area contributed by atoms with Gasteiger partial charge >= 0.3 is 11.9 Å². The molecule has 0 aliphatic heterocycles. The second-order valence-corrected chi connectivity index (χ2v) is 5.76. The summed E-state index contributed by atoms with van der Waals surface area (Å²) in [5.41, 5.74) is 1.07. The number of carbonyl (C=O) groups excluding carboxylic acids is 1. The van der Waals surface area contributed by atoms with Crippen LogP contribution < -0.4 is 0 Å². The summed E-state index contributed by atoms with van der Waals surface area (Å²) in [5, 5.41) is 10.1. The zero-order chi connectivity index (χ0) is 17.9. The molecule has 1 N–H and O–H groups in total. The van der Waals surface area contributed by atoms with Crippen molar-refractivity contribution in [2.45, 2.75) is 19.3 Å². The lowest BCUT2D eigenvalue weighted by molar-refractivity contribution is -0.145. The summed E-state index contributed by atoms with van der Waals surface area (Å²) in [7, 11) is 1.21. The monoisotopic (exact) mass is 324 g/mol. The van der Waals surface area contributed by atoms with Crippen LogP contribution in [0, 0.1) is 13.8 Å². The first kappa shape index (κ1) is 17.5. The first-order valence-corrected chi connectivity index (χ1v) is 7.49. The molecular weight excluding hydrogens is 304 g/mol. The van der Waals surface area contributed by atoms with Crippen molar-refractivity contribution in [3.8, 4) is 0 Å². The predicted molar refractivity (Wildman–Crippen MR) is 91.9 cm³/mol. The highest BCUT2D eigenvalue weighted by molar-refractivity contribution is 6.03. The van der Waals surface area contributed by atoms with Crippen molar-refractivity contribution in [3.05, 3.63) is 82.9 Å². The van der Waals surface area contributed by atoms with E-state index in [1.54, 1.807) is 24.3 Å². The first-order valence-electron chi connectivity index (χ1n) is 7.49. The van der Waals surface area contributed by atoms with Crippen LogP contribution in [0.4, 0.5) is 0 Å². The molecule has 2 aromatic carbocycles. The minimum atomic E-state index is -1.70. The molecule has 2 aromatic rings. The topological polar surface area (TPSA) is 63.6 Å². The third kappa shape index (κ3) is 2.83. The number of aliphatic carboxylic acids is 1. The third-order valence-corrected chi connectivity index (χ3v) is 4.17. The molecule has 0 aliphatic rings. The van der Waals surface area contributed by atoms with Crippen LogP contribution in [0.1, 0.15) is 22.3 Å². The Morgan fingerprint density at radius 3 is 1.58 bits per heavy atom. The van der Waals surface area contributed by atoms with E-state index in [1.807, 2.05) is 38.1 Å². The second kappa shape index (κ2) is 6.71. The van der Waals surface area contributed by atoms with Crippen LogP contribution in [-0.4, -0.2) is 24.2 Å². The average Bonchev–Trinajstić information content (AvgIpc) is 2.57. The van der Waals surface area contributed by atoms with Crippen molar-refractivity contribution in [2.75, 3.05) is 7.11 Å². The van der Waals surface area contributed by atoms with Gasteiger partial charge in [-0.15, -0.1) is 0 Å². The largest absolute Gasteiger partial charge is 0.480 e. The molecule has 0 saturated heterocycles.